The van der Waals surface area contributed by atoms with E-state index in [1.807, 2.05) is 31.2 Å². The van der Waals surface area contributed by atoms with E-state index in [4.69, 9.17) is 20.5 Å². The van der Waals surface area contributed by atoms with Crippen LogP contribution in [0.1, 0.15) is 29.7 Å². The molecular formula is C17H18N2O2. The second kappa shape index (κ2) is 6.78. The molecule has 0 saturated heterocycles. The molecule has 0 spiro atoms. The first-order chi connectivity index (χ1) is 10.1. The predicted octanol–water partition coefficient (Wildman–Crippen LogP) is 3.17. The lowest BCUT2D eigenvalue weighted by atomic mass is 10.1. The van der Waals surface area contributed by atoms with Gasteiger partial charge in [-0.1, -0.05) is 12.1 Å². The number of ether oxygens (including phenoxy) is 2. The Morgan fingerprint density at radius 2 is 1.90 bits per heavy atom. The molecule has 2 N–H and O–H groups in total. The van der Waals surface area contributed by atoms with E-state index < -0.39 is 0 Å². The third kappa shape index (κ3) is 3.74. The molecule has 0 aromatic heterocycles. The van der Waals surface area contributed by atoms with Gasteiger partial charge in [0, 0.05) is 11.6 Å². The molecule has 1 atom stereocenters. The highest BCUT2D eigenvalue weighted by atomic mass is 16.5. The van der Waals surface area contributed by atoms with Crippen molar-refractivity contribution in [1.29, 1.82) is 5.26 Å². The first kappa shape index (κ1) is 14.9. The summed E-state index contributed by atoms with van der Waals surface area (Å²) < 4.78 is 11.0. The molecule has 0 aliphatic heterocycles. The van der Waals surface area contributed by atoms with Crippen molar-refractivity contribution in [2.24, 2.45) is 5.73 Å². The van der Waals surface area contributed by atoms with Gasteiger partial charge in [-0.05, 0) is 42.8 Å². The van der Waals surface area contributed by atoms with Gasteiger partial charge in [0.25, 0.3) is 0 Å². The fraction of sp³-hybridized carbons (Fsp3) is 0.235. The average molecular weight is 282 g/mol. The van der Waals surface area contributed by atoms with Crippen LogP contribution in [0.4, 0.5) is 0 Å². The topological polar surface area (TPSA) is 68.3 Å². The van der Waals surface area contributed by atoms with Crippen molar-refractivity contribution in [3.05, 3.63) is 59.2 Å². The Morgan fingerprint density at radius 1 is 1.19 bits per heavy atom. The van der Waals surface area contributed by atoms with Crippen molar-refractivity contribution >= 4 is 0 Å². The van der Waals surface area contributed by atoms with E-state index in [9.17, 15) is 0 Å². The number of hydrogen-bond donors (Lipinski definition) is 1. The molecule has 2 aromatic rings. The van der Waals surface area contributed by atoms with Crippen LogP contribution in [-0.4, -0.2) is 7.11 Å². The van der Waals surface area contributed by atoms with Gasteiger partial charge in [-0.15, -0.1) is 0 Å². The first-order valence-corrected chi connectivity index (χ1v) is 6.69. The SMILES string of the molecule is COc1ccc(C#N)cc1COc1ccc(C(C)N)cc1. The van der Waals surface area contributed by atoms with Crippen LogP contribution in [0.15, 0.2) is 42.5 Å². The van der Waals surface area contributed by atoms with Crippen LogP contribution >= 0.6 is 0 Å². The summed E-state index contributed by atoms with van der Waals surface area (Å²) in [5.41, 5.74) is 8.30. The van der Waals surface area contributed by atoms with Gasteiger partial charge in [0.05, 0.1) is 18.7 Å². The van der Waals surface area contributed by atoms with Gasteiger partial charge in [-0.25, -0.2) is 0 Å². The van der Waals surface area contributed by atoms with E-state index in [1.165, 1.54) is 0 Å². The number of methoxy groups -OCH3 is 1. The molecule has 108 valence electrons. The third-order valence-electron chi connectivity index (χ3n) is 3.21. The van der Waals surface area contributed by atoms with Crippen LogP contribution in [0.3, 0.4) is 0 Å². The zero-order valence-corrected chi connectivity index (χ0v) is 12.2. The van der Waals surface area contributed by atoms with Crippen LogP contribution in [0, 0.1) is 11.3 Å². The average Bonchev–Trinajstić information content (AvgIpc) is 2.52. The van der Waals surface area contributed by atoms with Crippen LogP contribution in [-0.2, 0) is 6.61 Å². The van der Waals surface area contributed by atoms with E-state index >= 15 is 0 Å². The highest BCUT2D eigenvalue weighted by molar-refractivity contribution is 5.42. The fourth-order valence-corrected chi connectivity index (χ4v) is 1.99. The fourth-order valence-electron chi connectivity index (χ4n) is 1.99. The highest BCUT2D eigenvalue weighted by Gasteiger charge is 2.06. The lowest BCUT2D eigenvalue weighted by molar-refractivity contribution is 0.296. The quantitative estimate of drug-likeness (QED) is 0.914. The summed E-state index contributed by atoms with van der Waals surface area (Å²) in [5.74, 6) is 1.46. The van der Waals surface area contributed by atoms with Gasteiger partial charge in [0.1, 0.15) is 18.1 Å². The predicted molar refractivity (Wildman–Crippen MR) is 81.1 cm³/mol. The molecule has 1 unspecified atom stereocenters. The molecule has 4 nitrogen and oxygen atoms in total. The van der Waals surface area contributed by atoms with Gasteiger partial charge >= 0.3 is 0 Å². The van der Waals surface area contributed by atoms with Crippen molar-refractivity contribution in [3.63, 3.8) is 0 Å². The summed E-state index contributed by atoms with van der Waals surface area (Å²) in [5, 5.41) is 8.95. The smallest absolute Gasteiger partial charge is 0.125 e. The molecule has 0 amide bonds. The molecule has 2 aromatic carbocycles. The molecule has 0 heterocycles. The molecule has 0 saturated carbocycles. The van der Waals surface area contributed by atoms with Crippen LogP contribution in [0.2, 0.25) is 0 Å². The largest absolute Gasteiger partial charge is 0.496 e. The van der Waals surface area contributed by atoms with Crippen molar-refractivity contribution in [2.75, 3.05) is 7.11 Å². The Hall–Kier alpha value is -2.51. The lowest BCUT2D eigenvalue weighted by Gasteiger charge is -2.11. The van der Waals surface area contributed by atoms with Gasteiger partial charge in [-0.2, -0.15) is 5.26 Å². The molecule has 0 fully saturated rings. The Balaban J connectivity index is 2.10. The summed E-state index contributed by atoms with van der Waals surface area (Å²) in [6.45, 7) is 2.28. The molecule has 21 heavy (non-hydrogen) atoms. The standard InChI is InChI=1S/C17H18N2O2/c1-12(19)14-4-6-16(7-5-14)21-11-15-9-13(10-18)3-8-17(15)20-2/h3-9,12H,11,19H2,1-2H3. The van der Waals surface area contributed by atoms with Crippen molar-refractivity contribution in [2.45, 2.75) is 19.6 Å². The second-order valence-corrected chi connectivity index (χ2v) is 4.78. The Kier molecular flexibility index (Phi) is 4.81. The second-order valence-electron chi connectivity index (χ2n) is 4.78. The maximum Gasteiger partial charge on any atom is 0.125 e. The van der Waals surface area contributed by atoms with Gasteiger partial charge < -0.3 is 15.2 Å². The zero-order chi connectivity index (χ0) is 15.2. The normalized spacial score (nSPS) is 11.5. The third-order valence-corrected chi connectivity index (χ3v) is 3.21. The number of hydrogen-bond acceptors (Lipinski definition) is 4. The number of benzene rings is 2. The summed E-state index contributed by atoms with van der Waals surface area (Å²) in [6.07, 6.45) is 0. The van der Waals surface area contributed by atoms with E-state index in [-0.39, 0.29) is 6.04 Å². The number of rotatable bonds is 5. The molecular weight excluding hydrogens is 264 g/mol. The number of nitrogens with two attached hydrogens (primary N) is 1. The first-order valence-electron chi connectivity index (χ1n) is 6.69. The van der Waals surface area contributed by atoms with Crippen molar-refractivity contribution < 1.29 is 9.47 Å². The molecule has 4 heteroatoms. The Morgan fingerprint density at radius 3 is 2.48 bits per heavy atom. The van der Waals surface area contributed by atoms with Crippen molar-refractivity contribution in [1.82, 2.24) is 0 Å². The minimum absolute atomic E-state index is 0.00598. The maximum absolute atomic E-state index is 8.95. The summed E-state index contributed by atoms with van der Waals surface area (Å²) in [6, 6.07) is 15.1. The summed E-state index contributed by atoms with van der Waals surface area (Å²) in [7, 11) is 1.60. The lowest BCUT2D eigenvalue weighted by Crippen LogP contribution is -2.04. The minimum atomic E-state index is 0.00598. The highest BCUT2D eigenvalue weighted by Crippen LogP contribution is 2.23. The zero-order valence-electron chi connectivity index (χ0n) is 12.2. The molecule has 0 aliphatic rings. The van der Waals surface area contributed by atoms with E-state index in [0.717, 1.165) is 16.9 Å². The Bertz CT molecular complexity index is 643. The van der Waals surface area contributed by atoms with Gasteiger partial charge in [-0.3, -0.25) is 0 Å². The summed E-state index contributed by atoms with van der Waals surface area (Å²) >= 11 is 0. The van der Waals surface area contributed by atoms with E-state index in [1.54, 1.807) is 25.3 Å². The molecule has 0 bridgehead atoms. The van der Waals surface area contributed by atoms with E-state index in [2.05, 4.69) is 6.07 Å². The Labute approximate surface area is 124 Å². The monoisotopic (exact) mass is 282 g/mol. The van der Waals surface area contributed by atoms with Crippen molar-refractivity contribution in [3.8, 4) is 17.6 Å². The van der Waals surface area contributed by atoms with Crippen LogP contribution in [0.5, 0.6) is 11.5 Å². The van der Waals surface area contributed by atoms with Gasteiger partial charge in [0.2, 0.25) is 0 Å². The molecule has 2 rings (SSSR count). The minimum Gasteiger partial charge on any atom is -0.496 e. The molecule has 0 aliphatic carbocycles. The number of nitrogens with zero attached hydrogens (tertiary/aromatic N) is 1. The summed E-state index contributed by atoms with van der Waals surface area (Å²) in [4.78, 5) is 0. The number of nitriles is 1. The maximum atomic E-state index is 8.95. The van der Waals surface area contributed by atoms with Gasteiger partial charge in [0.15, 0.2) is 0 Å². The van der Waals surface area contributed by atoms with Crippen LogP contribution < -0.4 is 15.2 Å². The van der Waals surface area contributed by atoms with Crippen LogP contribution in [0.25, 0.3) is 0 Å². The molecule has 0 radical (unpaired) electrons. The van der Waals surface area contributed by atoms with E-state index in [0.29, 0.717) is 17.9 Å².